The van der Waals surface area contributed by atoms with Crippen molar-refractivity contribution in [1.29, 1.82) is 0 Å². The second-order valence-corrected chi connectivity index (χ2v) is 4.94. The zero-order chi connectivity index (χ0) is 13.2. The number of rotatable bonds is 2. The Morgan fingerprint density at radius 1 is 1.21 bits per heavy atom. The molecule has 5 nitrogen and oxygen atoms in total. The molecule has 0 aliphatic carbocycles. The minimum atomic E-state index is 0.102. The molecule has 2 aromatic rings. The summed E-state index contributed by atoms with van der Waals surface area (Å²) in [5, 5.41) is 14.9. The van der Waals surface area contributed by atoms with Crippen LogP contribution in [0.4, 0.5) is 0 Å². The van der Waals surface area contributed by atoms with Gasteiger partial charge in [-0.3, -0.25) is 0 Å². The molecule has 0 saturated carbocycles. The maximum atomic E-state index is 9.20. The highest BCUT2D eigenvalue weighted by atomic mass is 16.4. The van der Waals surface area contributed by atoms with Crippen LogP contribution in [0.15, 0.2) is 50.8 Å². The number of nitrogens with two attached hydrogens (primary N) is 1. The molecule has 3 rings (SSSR count). The van der Waals surface area contributed by atoms with Crippen LogP contribution in [0.1, 0.15) is 36.9 Å². The molecule has 19 heavy (non-hydrogen) atoms. The zero-order valence-corrected chi connectivity index (χ0v) is 10.7. The van der Waals surface area contributed by atoms with Crippen LogP contribution >= 0.6 is 0 Å². The lowest BCUT2D eigenvalue weighted by molar-refractivity contribution is -0.745. The second-order valence-electron chi connectivity index (χ2n) is 4.94. The van der Waals surface area contributed by atoms with E-state index in [0.717, 1.165) is 17.2 Å². The van der Waals surface area contributed by atoms with Crippen molar-refractivity contribution in [2.75, 3.05) is 0 Å². The summed E-state index contributed by atoms with van der Waals surface area (Å²) < 4.78 is 11.0. The van der Waals surface area contributed by atoms with Gasteiger partial charge in [0.15, 0.2) is 23.6 Å². The average molecular weight is 261 g/mol. The first-order chi connectivity index (χ1) is 9.29. The van der Waals surface area contributed by atoms with Gasteiger partial charge in [-0.15, -0.1) is 0 Å². The van der Waals surface area contributed by atoms with Crippen LogP contribution in [-0.2, 0) is 0 Å². The van der Waals surface area contributed by atoms with Gasteiger partial charge in [-0.25, -0.2) is 0 Å². The van der Waals surface area contributed by atoms with Crippen molar-refractivity contribution in [3.05, 3.63) is 48.3 Å². The third kappa shape index (κ3) is 2.17. The van der Waals surface area contributed by atoms with Crippen LogP contribution in [0, 0.1) is 5.92 Å². The number of hydrogen-bond acceptors (Lipinski definition) is 4. The maximum absolute atomic E-state index is 9.20. The van der Waals surface area contributed by atoms with Crippen molar-refractivity contribution in [2.24, 2.45) is 11.1 Å². The SMILES string of the molecule is C[C@@H]1/C(=N\O)C[C@@H](c2ccco2)[NH2+][C@@H]1c1ccco1. The largest absolute Gasteiger partial charge is 0.463 e. The Balaban J connectivity index is 1.91. The number of oxime groups is 1. The molecule has 0 unspecified atom stereocenters. The Hall–Kier alpha value is -2.01. The minimum Gasteiger partial charge on any atom is -0.463 e. The molecule has 1 saturated heterocycles. The summed E-state index contributed by atoms with van der Waals surface area (Å²) in [5.41, 5.74) is 0.783. The van der Waals surface area contributed by atoms with Crippen LogP contribution in [0.2, 0.25) is 0 Å². The van der Waals surface area contributed by atoms with Gasteiger partial charge in [-0.05, 0) is 24.3 Å². The Morgan fingerprint density at radius 3 is 2.47 bits per heavy atom. The summed E-state index contributed by atoms with van der Waals surface area (Å²) in [7, 11) is 0. The molecule has 0 aromatic carbocycles. The van der Waals surface area contributed by atoms with E-state index in [1.54, 1.807) is 12.5 Å². The van der Waals surface area contributed by atoms with Crippen LogP contribution < -0.4 is 5.32 Å². The second kappa shape index (κ2) is 4.93. The highest BCUT2D eigenvalue weighted by molar-refractivity contribution is 5.87. The fraction of sp³-hybridized carbons (Fsp3) is 0.357. The van der Waals surface area contributed by atoms with E-state index in [0.29, 0.717) is 6.42 Å². The fourth-order valence-corrected chi connectivity index (χ4v) is 2.76. The molecule has 0 spiro atoms. The molecule has 3 heterocycles. The molecule has 3 atom stereocenters. The fourth-order valence-electron chi connectivity index (χ4n) is 2.76. The summed E-state index contributed by atoms with van der Waals surface area (Å²) in [6.07, 6.45) is 4.02. The van der Waals surface area contributed by atoms with Crippen molar-refractivity contribution >= 4 is 5.71 Å². The van der Waals surface area contributed by atoms with E-state index < -0.39 is 0 Å². The van der Waals surface area contributed by atoms with E-state index in [1.165, 1.54) is 0 Å². The van der Waals surface area contributed by atoms with Gasteiger partial charge in [0.1, 0.15) is 0 Å². The Kier molecular flexibility index (Phi) is 3.13. The van der Waals surface area contributed by atoms with Gasteiger partial charge in [0.2, 0.25) is 0 Å². The number of nitrogens with zero attached hydrogens (tertiary/aromatic N) is 1. The van der Waals surface area contributed by atoms with E-state index in [2.05, 4.69) is 17.4 Å². The van der Waals surface area contributed by atoms with Crippen LogP contribution in [0.3, 0.4) is 0 Å². The molecule has 3 N–H and O–H groups in total. The Labute approximate surface area is 110 Å². The van der Waals surface area contributed by atoms with E-state index in [1.807, 2.05) is 24.3 Å². The van der Waals surface area contributed by atoms with E-state index >= 15 is 0 Å². The van der Waals surface area contributed by atoms with Gasteiger partial charge >= 0.3 is 0 Å². The lowest BCUT2D eigenvalue weighted by Crippen LogP contribution is -2.89. The molecular weight excluding hydrogens is 244 g/mol. The first kappa shape index (κ1) is 12.0. The van der Waals surface area contributed by atoms with Gasteiger partial charge < -0.3 is 19.4 Å². The number of piperidine rings is 1. The predicted octanol–water partition coefficient (Wildman–Crippen LogP) is 2.09. The summed E-state index contributed by atoms with van der Waals surface area (Å²) in [6, 6.07) is 7.88. The summed E-state index contributed by atoms with van der Waals surface area (Å²) >= 11 is 0. The van der Waals surface area contributed by atoms with E-state index in [4.69, 9.17) is 8.83 Å². The molecule has 0 bridgehead atoms. The molecule has 5 heteroatoms. The lowest BCUT2D eigenvalue weighted by atomic mass is 9.85. The van der Waals surface area contributed by atoms with Gasteiger partial charge in [-0.1, -0.05) is 12.1 Å². The molecule has 100 valence electrons. The first-order valence-electron chi connectivity index (χ1n) is 6.42. The predicted molar refractivity (Wildman–Crippen MR) is 67.8 cm³/mol. The highest BCUT2D eigenvalue weighted by Crippen LogP contribution is 2.29. The van der Waals surface area contributed by atoms with Crippen LogP contribution in [0.5, 0.6) is 0 Å². The van der Waals surface area contributed by atoms with E-state index in [-0.39, 0.29) is 18.0 Å². The zero-order valence-electron chi connectivity index (χ0n) is 10.7. The molecule has 1 aliphatic heterocycles. The molecule has 1 aliphatic rings. The number of hydrogen-bond donors (Lipinski definition) is 2. The molecular formula is C14H17N2O3+. The van der Waals surface area contributed by atoms with E-state index in [9.17, 15) is 5.21 Å². The van der Waals surface area contributed by atoms with Crippen LogP contribution in [-0.4, -0.2) is 10.9 Å². The van der Waals surface area contributed by atoms with Gasteiger partial charge in [0.25, 0.3) is 0 Å². The summed E-state index contributed by atoms with van der Waals surface area (Å²) in [5.74, 6) is 1.91. The molecule has 2 aromatic heterocycles. The van der Waals surface area contributed by atoms with Gasteiger partial charge in [-0.2, -0.15) is 0 Å². The Bertz CT molecular complexity index is 545. The number of furan rings is 2. The van der Waals surface area contributed by atoms with Gasteiger partial charge in [0, 0.05) is 6.42 Å². The highest BCUT2D eigenvalue weighted by Gasteiger charge is 2.40. The standard InChI is InChI=1S/C14H16N2O3/c1-9-10(16-17)8-11(12-4-2-6-18-12)15-14(9)13-5-3-7-19-13/h2-7,9,11,14-15,17H,8H2,1H3/p+1/b16-10-/t9-,11+,14+/m1/s1. The lowest BCUT2D eigenvalue weighted by Gasteiger charge is -2.30. The third-order valence-corrected chi connectivity index (χ3v) is 3.84. The topological polar surface area (TPSA) is 75.5 Å². The van der Waals surface area contributed by atoms with Crippen molar-refractivity contribution < 1.29 is 19.4 Å². The van der Waals surface area contributed by atoms with Crippen molar-refractivity contribution in [3.8, 4) is 0 Å². The minimum absolute atomic E-state index is 0.102. The third-order valence-electron chi connectivity index (χ3n) is 3.84. The summed E-state index contributed by atoms with van der Waals surface area (Å²) in [4.78, 5) is 0. The molecule has 0 radical (unpaired) electrons. The molecule has 1 fully saturated rings. The average Bonchev–Trinajstić information content (AvgIpc) is 3.12. The van der Waals surface area contributed by atoms with Crippen molar-refractivity contribution in [3.63, 3.8) is 0 Å². The van der Waals surface area contributed by atoms with Gasteiger partial charge in [0.05, 0.1) is 24.2 Å². The smallest absolute Gasteiger partial charge is 0.161 e. The normalized spacial score (nSPS) is 29.7. The maximum Gasteiger partial charge on any atom is 0.161 e. The van der Waals surface area contributed by atoms with Crippen LogP contribution in [0.25, 0.3) is 0 Å². The summed E-state index contributed by atoms with van der Waals surface area (Å²) in [6.45, 7) is 2.05. The quantitative estimate of drug-likeness (QED) is 0.642. The monoisotopic (exact) mass is 261 g/mol. The number of quaternary nitrogens is 1. The van der Waals surface area contributed by atoms with Crippen molar-refractivity contribution in [1.82, 2.24) is 0 Å². The molecule has 0 amide bonds. The van der Waals surface area contributed by atoms with Crippen molar-refractivity contribution in [2.45, 2.75) is 25.4 Å². The Morgan fingerprint density at radius 2 is 1.89 bits per heavy atom. The first-order valence-corrected chi connectivity index (χ1v) is 6.42.